The van der Waals surface area contributed by atoms with Gasteiger partial charge in [-0.15, -0.1) is 0 Å². The van der Waals surface area contributed by atoms with Gasteiger partial charge in [-0.2, -0.15) is 0 Å². The zero-order valence-corrected chi connectivity index (χ0v) is 15.3. The number of nitrogens with one attached hydrogen (secondary N) is 2. The Morgan fingerprint density at radius 1 is 1.26 bits per heavy atom. The Morgan fingerprint density at radius 2 is 2.15 bits per heavy atom. The highest BCUT2D eigenvalue weighted by Gasteiger charge is 2.31. The first-order valence-corrected chi connectivity index (χ1v) is 9.63. The number of hydrogen-bond donors (Lipinski definition) is 2. The molecule has 1 aliphatic carbocycles. The van der Waals surface area contributed by atoms with E-state index in [4.69, 9.17) is 9.72 Å². The summed E-state index contributed by atoms with van der Waals surface area (Å²) >= 11 is 0. The van der Waals surface area contributed by atoms with E-state index in [9.17, 15) is 4.79 Å². The second-order valence-electron chi connectivity index (χ2n) is 7.62. The van der Waals surface area contributed by atoms with E-state index in [1.165, 1.54) is 0 Å². The van der Waals surface area contributed by atoms with Crippen molar-refractivity contribution in [2.45, 2.75) is 50.8 Å². The Morgan fingerprint density at radius 3 is 3.00 bits per heavy atom. The van der Waals surface area contributed by atoms with Crippen LogP contribution >= 0.6 is 0 Å². The molecule has 2 N–H and O–H groups in total. The third kappa shape index (κ3) is 3.07. The largest absolute Gasteiger partial charge is 0.444 e. The molecular weight excluding hydrogens is 342 g/mol. The monoisotopic (exact) mass is 365 g/mol. The van der Waals surface area contributed by atoms with Gasteiger partial charge in [-0.1, -0.05) is 0 Å². The highest BCUT2D eigenvalue weighted by atomic mass is 16.6. The summed E-state index contributed by atoms with van der Waals surface area (Å²) in [6, 6.07) is 4.67. The molecule has 4 heterocycles. The fraction of sp³-hybridized carbons (Fsp3) is 0.450. The number of aromatic nitrogens is 3. The smallest absolute Gasteiger partial charge is 0.407 e. The van der Waals surface area contributed by atoms with Crippen LogP contribution in [0, 0.1) is 0 Å². The van der Waals surface area contributed by atoms with Crippen molar-refractivity contribution in [1.82, 2.24) is 20.3 Å². The van der Waals surface area contributed by atoms with Gasteiger partial charge in [0.15, 0.2) is 0 Å². The second-order valence-corrected chi connectivity index (χ2v) is 7.62. The molecule has 27 heavy (non-hydrogen) atoms. The summed E-state index contributed by atoms with van der Waals surface area (Å²) in [6.45, 7) is 2.86. The van der Waals surface area contributed by atoms with Crippen LogP contribution in [0.25, 0.3) is 21.8 Å². The fourth-order valence-electron chi connectivity index (χ4n) is 3.91. The summed E-state index contributed by atoms with van der Waals surface area (Å²) in [4.78, 5) is 26.7. The lowest BCUT2D eigenvalue weighted by Crippen LogP contribution is -2.47. The molecule has 3 aromatic rings. The number of carbonyl (C=O) groups is 1. The van der Waals surface area contributed by atoms with Gasteiger partial charge in [0.25, 0.3) is 0 Å². The molecule has 0 radical (unpaired) electrons. The van der Waals surface area contributed by atoms with Crippen LogP contribution in [-0.2, 0) is 4.74 Å². The molecule has 2 fully saturated rings. The van der Waals surface area contributed by atoms with E-state index in [-0.39, 0.29) is 12.2 Å². The molecule has 7 heteroatoms. The van der Waals surface area contributed by atoms with Gasteiger partial charge in [0.05, 0.1) is 6.54 Å². The zero-order valence-electron chi connectivity index (χ0n) is 15.3. The average Bonchev–Trinajstić information content (AvgIpc) is 3.34. The maximum absolute atomic E-state index is 12.1. The molecule has 0 spiro atoms. The van der Waals surface area contributed by atoms with Gasteiger partial charge < -0.3 is 19.9 Å². The first-order chi connectivity index (χ1) is 13.2. The molecule has 1 saturated heterocycles. The molecule has 0 aromatic carbocycles. The Labute approximate surface area is 157 Å². The van der Waals surface area contributed by atoms with Crippen molar-refractivity contribution in [3.05, 3.63) is 30.7 Å². The maximum Gasteiger partial charge on any atom is 0.407 e. The van der Waals surface area contributed by atoms with Gasteiger partial charge in [-0.05, 0) is 44.7 Å². The van der Waals surface area contributed by atoms with E-state index in [1.807, 2.05) is 30.7 Å². The van der Waals surface area contributed by atoms with Gasteiger partial charge >= 0.3 is 6.09 Å². The van der Waals surface area contributed by atoms with Crippen molar-refractivity contribution in [3.8, 4) is 0 Å². The average molecular weight is 365 g/mol. The quantitative estimate of drug-likeness (QED) is 0.744. The van der Waals surface area contributed by atoms with Gasteiger partial charge in [0, 0.05) is 46.8 Å². The molecule has 5 rings (SSSR count). The molecule has 1 aliphatic heterocycles. The molecule has 1 amide bonds. The second kappa shape index (κ2) is 6.40. The lowest BCUT2D eigenvalue weighted by atomic mass is 10.00. The number of hydrogen-bond acceptors (Lipinski definition) is 5. The molecule has 2 unspecified atom stereocenters. The number of rotatable bonds is 3. The minimum Gasteiger partial charge on any atom is -0.444 e. The molecule has 7 nitrogen and oxygen atoms in total. The maximum atomic E-state index is 12.1. The van der Waals surface area contributed by atoms with Crippen LogP contribution in [0.3, 0.4) is 0 Å². The first kappa shape index (κ1) is 16.4. The molecule has 2 atom stereocenters. The van der Waals surface area contributed by atoms with Crippen molar-refractivity contribution in [1.29, 1.82) is 0 Å². The first-order valence-electron chi connectivity index (χ1n) is 9.63. The van der Waals surface area contributed by atoms with Crippen molar-refractivity contribution < 1.29 is 9.53 Å². The van der Waals surface area contributed by atoms with Crippen molar-refractivity contribution in [2.75, 3.05) is 11.4 Å². The number of carbonyl (C=O) groups excluding carboxylic acids is 1. The molecule has 140 valence electrons. The van der Waals surface area contributed by atoms with Crippen LogP contribution in [0.2, 0.25) is 0 Å². The van der Waals surface area contributed by atoms with E-state index in [2.05, 4.69) is 27.1 Å². The van der Waals surface area contributed by atoms with Gasteiger partial charge in [-0.25, -0.2) is 14.8 Å². The fourth-order valence-corrected chi connectivity index (χ4v) is 3.91. The van der Waals surface area contributed by atoms with Crippen LogP contribution in [0.1, 0.15) is 32.6 Å². The number of fused-ring (bicyclic) bond motifs is 3. The van der Waals surface area contributed by atoms with Gasteiger partial charge in [0.1, 0.15) is 17.6 Å². The zero-order chi connectivity index (χ0) is 18.4. The van der Waals surface area contributed by atoms with Crippen LogP contribution in [-0.4, -0.2) is 45.8 Å². The number of alkyl carbamates (subject to hydrolysis) is 1. The number of piperidine rings is 1. The number of nitrogens with zero attached hydrogens (tertiary/aromatic N) is 3. The van der Waals surface area contributed by atoms with E-state index in [0.717, 1.165) is 53.3 Å². The van der Waals surface area contributed by atoms with Crippen molar-refractivity contribution >= 4 is 33.7 Å². The highest BCUT2D eigenvalue weighted by molar-refractivity contribution is 6.10. The third-order valence-electron chi connectivity index (χ3n) is 5.57. The molecule has 2 aliphatic rings. The summed E-state index contributed by atoms with van der Waals surface area (Å²) in [5, 5.41) is 6.14. The summed E-state index contributed by atoms with van der Waals surface area (Å²) in [7, 11) is 0. The van der Waals surface area contributed by atoms with E-state index < -0.39 is 0 Å². The Bertz CT molecular complexity index is 996. The number of anilines is 1. The van der Waals surface area contributed by atoms with Crippen LogP contribution in [0.4, 0.5) is 10.6 Å². The highest BCUT2D eigenvalue weighted by Crippen LogP contribution is 2.34. The molecule has 3 aromatic heterocycles. The standard InChI is InChI=1S/C20H23N5O2/c1-12-2-5-15(27-20(26)24-14-3-4-14)11-25(12)19-17-13(6-8-22-19)10-23-18-16(17)7-9-21-18/h6-10,12,14-15H,2-5,11H2,1H3,(H,21,23)(H,24,26). The lowest BCUT2D eigenvalue weighted by Gasteiger charge is -2.38. The van der Waals surface area contributed by atoms with Gasteiger partial charge in [-0.3, -0.25) is 0 Å². The van der Waals surface area contributed by atoms with E-state index in [1.54, 1.807) is 0 Å². The van der Waals surface area contributed by atoms with E-state index in [0.29, 0.717) is 18.6 Å². The third-order valence-corrected chi connectivity index (χ3v) is 5.57. The van der Waals surface area contributed by atoms with E-state index >= 15 is 0 Å². The van der Waals surface area contributed by atoms with Crippen LogP contribution in [0.5, 0.6) is 0 Å². The summed E-state index contributed by atoms with van der Waals surface area (Å²) in [5.41, 5.74) is 0.859. The lowest BCUT2D eigenvalue weighted by molar-refractivity contribution is 0.0834. The summed E-state index contributed by atoms with van der Waals surface area (Å²) < 4.78 is 5.69. The normalized spacial score (nSPS) is 22.9. The SMILES string of the molecule is CC1CCC(OC(=O)NC2CC2)CN1c1nccc2cnc3[nH]ccc3c12. The van der Waals surface area contributed by atoms with Crippen LogP contribution < -0.4 is 10.2 Å². The van der Waals surface area contributed by atoms with Crippen molar-refractivity contribution in [2.24, 2.45) is 0 Å². The number of ether oxygens (including phenoxy) is 1. The summed E-state index contributed by atoms with van der Waals surface area (Å²) in [6.07, 6.45) is 9.15. The minimum atomic E-state index is -0.292. The number of H-pyrrole nitrogens is 1. The Balaban J connectivity index is 1.46. The Hall–Kier alpha value is -2.83. The Kier molecular flexibility index (Phi) is 3.88. The topological polar surface area (TPSA) is 83.1 Å². The molecular formula is C20H23N5O2. The number of pyridine rings is 2. The van der Waals surface area contributed by atoms with Crippen LogP contribution in [0.15, 0.2) is 30.7 Å². The molecule has 0 bridgehead atoms. The predicted octanol–water partition coefficient (Wildman–Crippen LogP) is 3.36. The summed E-state index contributed by atoms with van der Waals surface area (Å²) in [5.74, 6) is 0.933. The predicted molar refractivity (Wildman–Crippen MR) is 104 cm³/mol. The number of amides is 1. The van der Waals surface area contributed by atoms with Gasteiger partial charge in [0.2, 0.25) is 0 Å². The molecule has 1 saturated carbocycles. The van der Waals surface area contributed by atoms with Crippen molar-refractivity contribution in [3.63, 3.8) is 0 Å². The number of aromatic amines is 1. The minimum absolute atomic E-state index is 0.124.